The molecule has 1 saturated heterocycles. The van der Waals surface area contributed by atoms with Crippen LogP contribution in [0, 0.1) is 36.5 Å². The minimum absolute atomic E-state index is 0.0304. The fourth-order valence-electron chi connectivity index (χ4n) is 7.15. The molecule has 3 heterocycles. The number of benzene rings is 2. The molecule has 3 aromatic rings. The number of hydrogen-bond acceptors (Lipinski definition) is 5. The zero-order chi connectivity index (χ0) is 23.3. The summed E-state index contributed by atoms with van der Waals surface area (Å²) in [7, 11) is 0. The summed E-state index contributed by atoms with van der Waals surface area (Å²) >= 11 is 6.48. The maximum absolute atomic E-state index is 13.7. The van der Waals surface area contributed by atoms with E-state index in [4.69, 9.17) is 0 Å². The highest BCUT2D eigenvalue weighted by atomic mass is 79.9. The van der Waals surface area contributed by atoms with Crippen LogP contribution in [0.5, 0.6) is 0 Å². The second-order valence-corrected chi connectivity index (χ2v) is 12.9. The zero-order valence-electron chi connectivity index (χ0n) is 18.2. The molecule has 2 aromatic carbocycles. The summed E-state index contributed by atoms with van der Waals surface area (Å²) in [5.41, 5.74) is 3.09. The van der Waals surface area contributed by atoms with Crippen molar-refractivity contribution >= 4 is 56.5 Å². The molecule has 0 spiro atoms. The first kappa shape index (κ1) is 21.1. The van der Waals surface area contributed by atoms with Crippen molar-refractivity contribution in [2.24, 2.45) is 29.6 Å². The van der Waals surface area contributed by atoms with Gasteiger partial charge in [0.05, 0.1) is 22.5 Å². The molecule has 2 aliphatic carbocycles. The van der Waals surface area contributed by atoms with Crippen molar-refractivity contribution in [1.29, 1.82) is 0 Å². The van der Waals surface area contributed by atoms with E-state index in [1.165, 1.54) is 27.4 Å². The van der Waals surface area contributed by atoms with E-state index in [1.807, 2.05) is 30.3 Å². The molecule has 7 atom stereocenters. The maximum Gasteiger partial charge on any atom is 0.305 e. The van der Waals surface area contributed by atoms with Gasteiger partial charge >= 0.3 is 4.87 Å². The number of aromatic nitrogens is 1. The number of thioether (sulfide) groups is 1. The van der Waals surface area contributed by atoms with Crippen LogP contribution in [0.15, 0.2) is 62.8 Å². The van der Waals surface area contributed by atoms with Gasteiger partial charge in [0, 0.05) is 20.5 Å². The molecule has 1 aromatic heterocycles. The number of aryl methyl sites for hydroxylation is 1. The Morgan fingerprint density at radius 2 is 1.68 bits per heavy atom. The Morgan fingerprint density at radius 1 is 0.971 bits per heavy atom. The predicted octanol–water partition coefficient (Wildman–Crippen LogP) is 5.19. The van der Waals surface area contributed by atoms with Crippen LogP contribution >= 0.6 is 39.0 Å². The lowest BCUT2D eigenvalue weighted by atomic mass is 9.67. The summed E-state index contributed by atoms with van der Waals surface area (Å²) in [6, 6.07) is 15.8. The fourth-order valence-corrected chi connectivity index (χ4v) is 10.3. The van der Waals surface area contributed by atoms with E-state index in [2.05, 4.69) is 46.0 Å². The van der Waals surface area contributed by atoms with Crippen LogP contribution in [0.1, 0.15) is 28.3 Å². The lowest BCUT2D eigenvalue weighted by Gasteiger charge is -2.43. The van der Waals surface area contributed by atoms with Crippen LogP contribution in [0.4, 0.5) is 5.69 Å². The number of rotatable bonds is 2. The first-order valence-electron chi connectivity index (χ1n) is 11.5. The van der Waals surface area contributed by atoms with Gasteiger partial charge in [0.15, 0.2) is 0 Å². The normalized spacial score (nSPS) is 33.2. The van der Waals surface area contributed by atoms with E-state index in [0.29, 0.717) is 5.69 Å². The Labute approximate surface area is 213 Å². The SMILES string of the molecule is Cc1ccccc1C1c2sc(=O)[nH]c2SC2C1[C@H]1C[C@@H]2C2C(=O)N(c3ccc(Br)cc3)C(=O)C21. The highest BCUT2D eigenvalue weighted by Gasteiger charge is 2.69. The molecule has 3 fully saturated rings. The molecule has 2 saturated carbocycles. The van der Waals surface area contributed by atoms with Gasteiger partial charge in [0.25, 0.3) is 0 Å². The quantitative estimate of drug-likeness (QED) is 0.444. The predicted molar refractivity (Wildman–Crippen MR) is 136 cm³/mol. The van der Waals surface area contributed by atoms with E-state index in [0.717, 1.165) is 20.8 Å². The van der Waals surface area contributed by atoms with Gasteiger partial charge in [0.1, 0.15) is 0 Å². The number of halogens is 1. The Hall–Kier alpha value is -2.16. The average Bonchev–Trinajstić information content (AvgIpc) is 3.54. The molecule has 1 N–H and O–H groups in total. The summed E-state index contributed by atoms with van der Waals surface area (Å²) in [6.45, 7) is 2.12. The Bertz CT molecular complexity index is 1410. The third kappa shape index (κ3) is 2.76. The Kier molecular flexibility index (Phi) is 4.61. The number of carbonyl (C=O) groups excluding carboxylic acids is 2. The second kappa shape index (κ2) is 7.42. The van der Waals surface area contributed by atoms with Gasteiger partial charge in [-0.1, -0.05) is 51.5 Å². The van der Waals surface area contributed by atoms with Gasteiger partial charge < -0.3 is 4.98 Å². The third-order valence-corrected chi connectivity index (χ3v) is 11.4. The molecule has 7 rings (SSSR count). The highest BCUT2D eigenvalue weighted by Crippen LogP contribution is 2.68. The molecule has 172 valence electrons. The van der Waals surface area contributed by atoms with Crippen molar-refractivity contribution in [2.75, 3.05) is 4.90 Å². The molecule has 5 unspecified atom stereocenters. The van der Waals surface area contributed by atoms with Crippen LogP contribution < -0.4 is 9.77 Å². The summed E-state index contributed by atoms with van der Waals surface area (Å²) in [6.07, 6.45) is 0.908. The number of fused-ring (bicyclic) bond motifs is 9. The Balaban J connectivity index is 1.34. The molecule has 2 aliphatic heterocycles. The first-order valence-corrected chi connectivity index (χ1v) is 14.0. The standard InChI is InChI=1S/C26H21BrN2O3S2/c1-11-4-2-3-5-14(11)17-18-15-10-16(21(18)33-23-22(17)34-26(32)28-23)20-19(15)24(30)29(25(20)31)13-8-6-12(27)7-9-13/h2-9,15-21H,10H2,1H3,(H,28,32)/t15-,16-,17?,18?,19?,20?,21?/m1/s1. The van der Waals surface area contributed by atoms with E-state index in [-0.39, 0.29) is 57.4 Å². The van der Waals surface area contributed by atoms with E-state index >= 15 is 0 Å². The van der Waals surface area contributed by atoms with Gasteiger partial charge in [-0.3, -0.25) is 19.3 Å². The van der Waals surface area contributed by atoms with Crippen LogP contribution in [0.3, 0.4) is 0 Å². The van der Waals surface area contributed by atoms with Gasteiger partial charge in [-0.2, -0.15) is 0 Å². The summed E-state index contributed by atoms with van der Waals surface area (Å²) in [5, 5.41) is 1.17. The molecule has 4 aliphatic rings. The molecule has 5 nitrogen and oxygen atoms in total. The smallest absolute Gasteiger partial charge is 0.305 e. The topological polar surface area (TPSA) is 70.2 Å². The van der Waals surface area contributed by atoms with Crippen molar-refractivity contribution in [3.8, 4) is 0 Å². The fraction of sp³-hybridized carbons (Fsp3) is 0.346. The number of anilines is 1. The molecule has 8 heteroatoms. The van der Waals surface area contributed by atoms with Crippen LogP contribution in [-0.4, -0.2) is 22.0 Å². The summed E-state index contributed by atoms with van der Waals surface area (Å²) in [5.74, 6) is -0.0499. The number of H-pyrrole nitrogens is 1. The van der Waals surface area contributed by atoms with Crippen LogP contribution in [-0.2, 0) is 9.59 Å². The lowest BCUT2D eigenvalue weighted by molar-refractivity contribution is -0.123. The summed E-state index contributed by atoms with van der Waals surface area (Å²) < 4.78 is 0.916. The second-order valence-electron chi connectivity index (χ2n) is 9.81. The van der Waals surface area contributed by atoms with Gasteiger partial charge in [-0.05, 0) is 66.5 Å². The molecule has 0 radical (unpaired) electrons. The molecule has 2 amide bonds. The van der Waals surface area contributed by atoms with Gasteiger partial charge in [0.2, 0.25) is 11.8 Å². The number of nitrogens with zero attached hydrogens (tertiary/aromatic N) is 1. The number of imide groups is 1. The van der Waals surface area contributed by atoms with E-state index in [1.54, 1.807) is 11.8 Å². The van der Waals surface area contributed by atoms with E-state index < -0.39 is 0 Å². The number of hydrogen-bond donors (Lipinski definition) is 1. The molecular formula is C26H21BrN2O3S2. The van der Waals surface area contributed by atoms with Crippen molar-refractivity contribution < 1.29 is 9.59 Å². The monoisotopic (exact) mass is 552 g/mol. The first-order chi connectivity index (χ1) is 16.4. The number of aromatic amines is 1. The highest BCUT2D eigenvalue weighted by molar-refractivity contribution is 9.10. The van der Waals surface area contributed by atoms with Crippen molar-refractivity contribution in [2.45, 2.75) is 29.5 Å². The van der Waals surface area contributed by atoms with E-state index in [9.17, 15) is 14.4 Å². The average molecular weight is 554 g/mol. The van der Waals surface area contributed by atoms with Crippen molar-refractivity contribution in [1.82, 2.24) is 4.98 Å². The summed E-state index contributed by atoms with van der Waals surface area (Å²) in [4.78, 5) is 45.3. The zero-order valence-corrected chi connectivity index (χ0v) is 21.5. The maximum atomic E-state index is 13.7. The number of amides is 2. The molecule has 2 bridgehead atoms. The third-order valence-electron chi connectivity index (χ3n) is 8.33. The lowest BCUT2D eigenvalue weighted by Crippen LogP contribution is -2.42. The molecular weight excluding hydrogens is 532 g/mol. The number of thiazole rings is 1. The minimum atomic E-state index is -0.272. The Morgan fingerprint density at radius 3 is 2.41 bits per heavy atom. The van der Waals surface area contributed by atoms with Gasteiger partial charge in [-0.25, -0.2) is 0 Å². The number of nitrogens with one attached hydrogen (secondary N) is 1. The van der Waals surface area contributed by atoms with Crippen molar-refractivity contribution in [3.63, 3.8) is 0 Å². The molecule has 34 heavy (non-hydrogen) atoms. The number of carbonyl (C=O) groups is 2. The largest absolute Gasteiger partial charge is 0.307 e. The van der Waals surface area contributed by atoms with Crippen molar-refractivity contribution in [3.05, 3.63) is 78.7 Å². The minimum Gasteiger partial charge on any atom is -0.307 e. The van der Waals surface area contributed by atoms with Gasteiger partial charge in [-0.15, -0.1) is 11.8 Å². The van der Waals surface area contributed by atoms with Crippen LogP contribution in [0.2, 0.25) is 0 Å². The van der Waals surface area contributed by atoms with Crippen LogP contribution in [0.25, 0.3) is 0 Å².